The summed E-state index contributed by atoms with van der Waals surface area (Å²) in [6.07, 6.45) is 1.27. The van der Waals surface area contributed by atoms with Crippen molar-refractivity contribution in [2.75, 3.05) is 5.32 Å². The number of benzene rings is 1. The van der Waals surface area contributed by atoms with E-state index in [-0.39, 0.29) is 16.8 Å². The number of pyridine rings is 1. The topological polar surface area (TPSA) is 85.8 Å². The number of halogens is 1. The molecule has 0 aliphatic carbocycles. The summed E-state index contributed by atoms with van der Waals surface area (Å²) < 4.78 is 13.6. The molecule has 0 aliphatic rings. The van der Waals surface area contributed by atoms with Crippen molar-refractivity contribution in [3.05, 3.63) is 63.3 Å². The quantitative estimate of drug-likeness (QED) is 0.875. The van der Waals surface area contributed by atoms with Crippen LogP contribution < -0.4 is 10.7 Å². The maximum Gasteiger partial charge on any atom is 0.261 e. The van der Waals surface area contributed by atoms with E-state index < -0.39 is 17.2 Å². The van der Waals surface area contributed by atoms with Gasteiger partial charge in [-0.15, -0.1) is 0 Å². The van der Waals surface area contributed by atoms with E-state index in [4.69, 9.17) is 5.26 Å². The molecular formula is C14H10FN3O2. The number of anilines is 1. The number of carbonyl (C=O) groups is 1. The molecule has 0 radical (unpaired) electrons. The van der Waals surface area contributed by atoms with Crippen molar-refractivity contribution < 1.29 is 9.18 Å². The van der Waals surface area contributed by atoms with Crippen LogP contribution >= 0.6 is 0 Å². The molecule has 2 rings (SSSR count). The van der Waals surface area contributed by atoms with Crippen molar-refractivity contribution in [3.8, 4) is 6.07 Å². The number of hydrogen-bond acceptors (Lipinski definition) is 3. The lowest BCUT2D eigenvalue weighted by molar-refractivity contribution is 0.102. The zero-order chi connectivity index (χ0) is 14.7. The average Bonchev–Trinajstić information content (AvgIpc) is 2.40. The van der Waals surface area contributed by atoms with Crippen LogP contribution in [0.2, 0.25) is 0 Å². The Hall–Kier alpha value is -2.94. The van der Waals surface area contributed by atoms with Crippen LogP contribution in [-0.4, -0.2) is 10.9 Å². The van der Waals surface area contributed by atoms with Gasteiger partial charge in [0.25, 0.3) is 5.91 Å². The van der Waals surface area contributed by atoms with Gasteiger partial charge in [-0.05, 0) is 25.1 Å². The van der Waals surface area contributed by atoms with Crippen LogP contribution in [0.3, 0.4) is 0 Å². The molecule has 0 atom stereocenters. The van der Waals surface area contributed by atoms with Gasteiger partial charge in [0.15, 0.2) is 5.43 Å². The maximum absolute atomic E-state index is 13.6. The fourth-order valence-electron chi connectivity index (χ4n) is 1.63. The maximum atomic E-state index is 13.6. The molecule has 1 aromatic carbocycles. The molecule has 0 unspecified atom stereocenters. The molecule has 2 N–H and O–H groups in total. The zero-order valence-corrected chi connectivity index (χ0v) is 10.5. The van der Waals surface area contributed by atoms with E-state index in [2.05, 4.69) is 10.3 Å². The monoisotopic (exact) mass is 271 g/mol. The summed E-state index contributed by atoms with van der Waals surface area (Å²) in [5.41, 5.74) is 0.117. The first-order valence-electron chi connectivity index (χ1n) is 5.71. The van der Waals surface area contributed by atoms with E-state index in [1.165, 1.54) is 24.4 Å². The van der Waals surface area contributed by atoms with Gasteiger partial charge in [-0.2, -0.15) is 5.26 Å². The average molecular weight is 271 g/mol. The van der Waals surface area contributed by atoms with Crippen molar-refractivity contribution in [2.24, 2.45) is 0 Å². The lowest BCUT2D eigenvalue weighted by Crippen LogP contribution is -2.22. The van der Waals surface area contributed by atoms with E-state index in [1.54, 1.807) is 13.0 Å². The highest BCUT2D eigenvalue weighted by Gasteiger charge is 2.13. The van der Waals surface area contributed by atoms with Crippen LogP contribution in [0, 0.1) is 24.1 Å². The fourth-order valence-corrected chi connectivity index (χ4v) is 1.63. The minimum absolute atomic E-state index is 0.0889. The van der Waals surface area contributed by atoms with Crippen LogP contribution in [0.15, 0.2) is 35.3 Å². The number of aromatic amines is 1. The Morgan fingerprint density at radius 3 is 2.75 bits per heavy atom. The summed E-state index contributed by atoms with van der Waals surface area (Å²) in [7, 11) is 0. The lowest BCUT2D eigenvalue weighted by atomic mass is 10.2. The number of rotatable bonds is 2. The minimum atomic E-state index is -0.735. The van der Waals surface area contributed by atoms with Gasteiger partial charge >= 0.3 is 0 Å². The number of H-pyrrole nitrogens is 1. The van der Waals surface area contributed by atoms with E-state index in [0.29, 0.717) is 5.69 Å². The Morgan fingerprint density at radius 1 is 1.40 bits per heavy atom. The summed E-state index contributed by atoms with van der Waals surface area (Å²) in [5, 5.41) is 10.9. The molecule has 100 valence electrons. The molecule has 2 aromatic rings. The van der Waals surface area contributed by atoms with Crippen LogP contribution in [0.1, 0.15) is 21.6 Å². The Morgan fingerprint density at radius 2 is 2.15 bits per heavy atom. The second kappa shape index (κ2) is 5.36. The summed E-state index contributed by atoms with van der Waals surface area (Å²) in [4.78, 5) is 26.3. The SMILES string of the molecule is Cc1cc(=O)c(C(=O)Nc2ccc(C#N)cc2F)c[nH]1. The van der Waals surface area contributed by atoms with Gasteiger partial charge in [-0.3, -0.25) is 9.59 Å². The molecule has 0 bridgehead atoms. The second-order valence-corrected chi connectivity index (χ2v) is 4.15. The summed E-state index contributed by atoms with van der Waals surface area (Å²) in [5.74, 6) is -1.45. The van der Waals surface area contributed by atoms with Crippen molar-refractivity contribution >= 4 is 11.6 Å². The van der Waals surface area contributed by atoms with Crippen LogP contribution in [-0.2, 0) is 0 Å². The molecule has 5 nitrogen and oxygen atoms in total. The van der Waals surface area contributed by atoms with Gasteiger partial charge in [-0.1, -0.05) is 0 Å². The normalized spacial score (nSPS) is 9.85. The van der Waals surface area contributed by atoms with E-state index in [1.807, 2.05) is 0 Å². The number of nitrogens with zero attached hydrogens (tertiary/aromatic N) is 1. The van der Waals surface area contributed by atoms with Gasteiger partial charge in [-0.25, -0.2) is 4.39 Å². The predicted octanol–water partition coefficient (Wildman–Crippen LogP) is 1.95. The highest BCUT2D eigenvalue weighted by Crippen LogP contribution is 2.15. The first-order chi connectivity index (χ1) is 9.51. The fraction of sp³-hybridized carbons (Fsp3) is 0.0714. The van der Waals surface area contributed by atoms with Crippen molar-refractivity contribution in [1.82, 2.24) is 4.98 Å². The largest absolute Gasteiger partial charge is 0.364 e. The summed E-state index contributed by atoms with van der Waals surface area (Å²) >= 11 is 0. The van der Waals surface area contributed by atoms with Crippen molar-refractivity contribution in [3.63, 3.8) is 0 Å². The molecule has 1 heterocycles. The minimum Gasteiger partial charge on any atom is -0.364 e. The first kappa shape index (κ1) is 13.5. The molecule has 6 heteroatoms. The summed E-state index contributed by atoms with van der Waals surface area (Å²) in [6, 6.07) is 6.72. The molecule has 1 amide bonds. The van der Waals surface area contributed by atoms with Gasteiger partial charge in [0.2, 0.25) is 0 Å². The number of hydrogen-bond donors (Lipinski definition) is 2. The van der Waals surface area contributed by atoms with Gasteiger partial charge in [0.05, 0.1) is 17.3 Å². The predicted molar refractivity (Wildman–Crippen MR) is 70.9 cm³/mol. The highest BCUT2D eigenvalue weighted by molar-refractivity contribution is 6.04. The Labute approximate surface area is 113 Å². The van der Waals surface area contributed by atoms with Crippen LogP contribution in [0.25, 0.3) is 0 Å². The van der Waals surface area contributed by atoms with Crippen LogP contribution in [0.4, 0.5) is 10.1 Å². The molecule has 0 saturated heterocycles. The van der Waals surface area contributed by atoms with E-state index >= 15 is 0 Å². The molecule has 0 saturated carbocycles. The van der Waals surface area contributed by atoms with E-state index in [0.717, 1.165) is 6.07 Å². The Kier molecular flexibility index (Phi) is 3.62. The van der Waals surface area contributed by atoms with Crippen molar-refractivity contribution in [2.45, 2.75) is 6.92 Å². The number of carbonyl (C=O) groups excluding carboxylic acids is 1. The number of aryl methyl sites for hydroxylation is 1. The smallest absolute Gasteiger partial charge is 0.261 e. The van der Waals surface area contributed by atoms with Gasteiger partial charge < -0.3 is 10.3 Å². The molecule has 0 spiro atoms. The molecular weight excluding hydrogens is 261 g/mol. The third-order valence-electron chi connectivity index (χ3n) is 2.65. The van der Waals surface area contributed by atoms with Crippen LogP contribution in [0.5, 0.6) is 0 Å². The number of nitrogens with one attached hydrogen (secondary N) is 2. The van der Waals surface area contributed by atoms with Crippen molar-refractivity contribution in [1.29, 1.82) is 5.26 Å². The first-order valence-corrected chi connectivity index (χ1v) is 5.71. The Balaban J connectivity index is 2.28. The van der Waals surface area contributed by atoms with E-state index in [9.17, 15) is 14.0 Å². The molecule has 0 fully saturated rings. The standard InChI is InChI=1S/C14H10FN3O2/c1-8-4-13(19)10(7-17-8)14(20)18-12-3-2-9(6-16)5-11(12)15/h2-5,7H,1H3,(H,17,19)(H,18,20). The second-order valence-electron chi connectivity index (χ2n) is 4.15. The molecule has 20 heavy (non-hydrogen) atoms. The van der Waals surface area contributed by atoms with Gasteiger partial charge in [0.1, 0.15) is 11.4 Å². The van der Waals surface area contributed by atoms with Gasteiger partial charge in [0, 0.05) is 18.0 Å². The summed E-state index contributed by atoms with van der Waals surface area (Å²) in [6.45, 7) is 1.68. The molecule has 0 aliphatic heterocycles. The zero-order valence-electron chi connectivity index (χ0n) is 10.5. The highest BCUT2D eigenvalue weighted by atomic mass is 19.1. The number of aromatic nitrogens is 1. The third kappa shape index (κ3) is 2.72. The molecule has 1 aromatic heterocycles. The number of nitriles is 1. The number of amides is 1. The Bertz CT molecular complexity index is 775. The third-order valence-corrected chi connectivity index (χ3v) is 2.65. The lowest BCUT2D eigenvalue weighted by Gasteiger charge is -2.06.